The lowest BCUT2D eigenvalue weighted by atomic mass is 10.0. The summed E-state index contributed by atoms with van der Waals surface area (Å²) in [5, 5.41) is 3.54. The van der Waals surface area contributed by atoms with Crippen molar-refractivity contribution >= 4 is 17.6 Å². The molecule has 2 amide bonds. The summed E-state index contributed by atoms with van der Waals surface area (Å²) in [6.07, 6.45) is 4.44. The fraction of sp³-hybridized carbons (Fsp3) is 0.588. The molecule has 2 rings (SSSR count). The maximum absolute atomic E-state index is 12.2. The molecule has 1 aromatic rings. The average molecular weight is 325 g/mol. The first-order chi connectivity index (χ1) is 10.6. The Bertz CT molecular complexity index is 507. The van der Waals surface area contributed by atoms with Gasteiger partial charge in [0, 0.05) is 12.6 Å². The Morgan fingerprint density at radius 2 is 2.27 bits per heavy atom. The summed E-state index contributed by atoms with van der Waals surface area (Å²) in [7, 11) is 0. The largest absolute Gasteiger partial charge is 0.490 e. The number of ether oxygens (including phenoxy) is 1. The van der Waals surface area contributed by atoms with Crippen molar-refractivity contribution in [3.05, 3.63) is 28.8 Å². The molecule has 1 atom stereocenters. The summed E-state index contributed by atoms with van der Waals surface area (Å²) in [5.74, 6) is 0.667. The van der Waals surface area contributed by atoms with Crippen molar-refractivity contribution < 1.29 is 9.53 Å². The van der Waals surface area contributed by atoms with Gasteiger partial charge in [-0.05, 0) is 50.3 Å². The van der Waals surface area contributed by atoms with Gasteiger partial charge in [-0.3, -0.25) is 0 Å². The number of carbonyl (C=O) groups is 1. The first-order valence-corrected chi connectivity index (χ1v) is 8.43. The molecule has 22 heavy (non-hydrogen) atoms. The predicted molar refractivity (Wildman–Crippen MR) is 89.7 cm³/mol. The standard InChI is InChI=1S/C17H25ClN2O2/c1-3-14-6-4-5-10-20(14)17(21)19-9-11-22-16-12-13(2)7-8-15(16)18/h7-8,12,14H,3-6,9-11H2,1-2H3,(H,19,21). The topological polar surface area (TPSA) is 41.6 Å². The van der Waals surface area contributed by atoms with E-state index in [4.69, 9.17) is 16.3 Å². The molecular weight excluding hydrogens is 300 g/mol. The van der Waals surface area contributed by atoms with Crippen LogP contribution in [0, 0.1) is 6.92 Å². The fourth-order valence-corrected chi connectivity index (χ4v) is 3.01. The van der Waals surface area contributed by atoms with Crippen molar-refractivity contribution in [1.82, 2.24) is 10.2 Å². The van der Waals surface area contributed by atoms with Crippen LogP contribution in [0.25, 0.3) is 0 Å². The minimum atomic E-state index is 0.0190. The summed E-state index contributed by atoms with van der Waals surface area (Å²) in [5.41, 5.74) is 1.10. The van der Waals surface area contributed by atoms with Gasteiger partial charge in [0.25, 0.3) is 0 Å². The van der Waals surface area contributed by atoms with Crippen molar-refractivity contribution in [3.8, 4) is 5.75 Å². The molecule has 1 unspecified atom stereocenters. The Hall–Kier alpha value is -1.42. The average Bonchev–Trinajstić information content (AvgIpc) is 2.54. The van der Waals surface area contributed by atoms with Crippen LogP contribution in [0.1, 0.15) is 38.2 Å². The van der Waals surface area contributed by atoms with Crippen molar-refractivity contribution in [1.29, 1.82) is 0 Å². The van der Waals surface area contributed by atoms with E-state index in [0.717, 1.165) is 31.4 Å². The zero-order chi connectivity index (χ0) is 15.9. The zero-order valence-corrected chi connectivity index (χ0v) is 14.2. The van der Waals surface area contributed by atoms with Crippen molar-refractivity contribution in [2.45, 2.75) is 45.6 Å². The van der Waals surface area contributed by atoms with Gasteiger partial charge in [-0.25, -0.2) is 4.79 Å². The summed E-state index contributed by atoms with van der Waals surface area (Å²) in [6, 6.07) is 6.07. The van der Waals surface area contributed by atoms with Crippen molar-refractivity contribution in [3.63, 3.8) is 0 Å². The number of benzene rings is 1. The van der Waals surface area contributed by atoms with Gasteiger partial charge in [0.2, 0.25) is 0 Å². The number of urea groups is 1. The van der Waals surface area contributed by atoms with Gasteiger partial charge < -0.3 is 15.0 Å². The Labute approximate surface area is 137 Å². The molecule has 1 saturated heterocycles. The molecule has 122 valence electrons. The lowest BCUT2D eigenvalue weighted by molar-refractivity contribution is 0.147. The van der Waals surface area contributed by atoms with E-state index in [-0.39, 0.29) is 6.03 Å². The number of rotatable bonds is 5. The van der Waals surface area contributed by atoms with Crippen molar-refractivity contribution in [2.75, 3.05) is 19.7 Å². The van der Waals surface area contributed by atoms with E-state index >= 15 is 0 Å². The summed E-state index contributed by atoms with van der Waals surface area (Å²) in [4.78, 5) is 14.2. The predicted octanol–water partition coefficient (Wildman–Crippen LogP) is 4.00. The van der Waals surface area contributed by atoms with Crippen LogP contribution in [0.3, 0.4) is 0 Å². The highest BCUT2D eigenvalue weighted by molar-refractivity contribution is 6.32. The normalized spacial score (nSPS) is 18.1. The van der Waals surface area contributed by atoms with Gasteiger partial charge in [0.1, 0.15) is 12.4 Å². The van der Waals surface area contributed by atoms with Crippen LogP contribution in [0.4, 0.5) is 4.79 Å². The molecule has 1 N–H and O–H groups in total. The Kier molecular flexibility index (Phi) is 6.37. The number of aryl methyl sites for hydroxylation is 1. The SMILES string of the molecule is CCC1CCCCN1C(=O)NCCOc1cc(C)ccc1Cl. The fourth-order valence-electron chi connectivity index (χ4n) is 2.83. The Morgan fingerprint density at radius 1 is 1.45 bits per heavy atom. The van der Waals surface area contributed by atoms with Crippen LogP contribution >= 0.6 is 11.6 Å². The molecule has 4 nitrogen and oxygen atoms in total. The van der Waals surface area contributed by atoms with Crippen LogP contribution in [-0.2, 0) is 0 Å². The first-order valence-electron chi connectivity index (χ1n) is 8.05. The molecule has 1 fully saturated rings. The molecule has 5 heteroatoms. The van der Waals surface area contributed by atoms with Gasteiger partial charge >= 0.3 is 6.03 Å². The van der Waals surface area contributed by atoms with E-state index < -0.39 is 0 Å². The maximum Gasteiger partial charge on any atom is 0.317 e. The van der Waals surface area contributed by atoms with E-state index in [1.807, 2.05) is 30.0 Å². The zero-order valence-electron chi connectivity index (χ0n) is 13.4. The Balaban J connectivity index is 1.76. The number of piperidine rings is 1. The highest BCUT2D eigenvalue weighted by Crippen LogP contribution is 2.25. The first kappa shape index (κ1) is 16.9. The third-order valence-corrected chi connectivity index (χ3v) is 4.39. The number of likely N-dealkylation sites (tertiary alicyclic amines) is 1. The molecular formula is C17H25ClN2O2. The molecule has 0 aliphatic carbocycles. The number of carbonyl (C=O) groups excluding carboxylic acids is 1. The van der Waals surface area contributed by atoms with Crippen LogP contribution in [0.2, 0.25) is 5.02 Å². The molecule has 1 aromatic carbocycles. The van der Waals surface area contributed by atoms with Gasteiger partial charge in [-0.15, -0.1) is 0 Å². The molecule has 0 aromatic heterocycles. The maximum atomic E-state index is 12.2. The minimum Gasteiger partial charge on any atom is -0.490 e. The second kappa shape index (κ2) is 8.28. The molecule has 1 heterocycles. The molecule has 0 radical (unpaired) electrons. The van der Waals surface area contributed by atoms with E-state index in [2.05, 4.69) is 12.2 Å². The van der Waals surface area contributed by atoms with E-state index in [9.17, 15) is 4.79 Å². The smallest absolute Gasteiger partial charge is 0.317 e. The molecule has 0 bridgehead atoms. The summed E-state index contributed by atoms with van der Waals surface area (Å²) < 4.78 is 5.64. The second-order valence-electron chi connectivity index (χ2n) is 5.77. The lowest BCUT2D eigenvalue weighted by Crippen LogP contribution is -2.49. The Morgan fingerprint density at radius 3 is 3.05 bits per heavy atom. The van der Waals surface area contributed by atoms with Crippen LogP contribution in [0.15, 0.2) is 18.2 Å². The third-order valence-electron chi connectivity index (χ3n) is 4.08. The van der Waals surface area contributed by atoms with Crippen LogP contribution < -0.4 is 10.1 Å². The van der Waals surface area contributed by atoms with Gasteiger partial charge in [-0.2, -0.15) is 0 Å². The van der Waals surface area contributed by atoms with E-state index in [0.29, 0.717) is 30.0 Å². The molecule has 1 aliphatic heterocycles. The van der Waals surface area contributed by atoms with Crippen LogP contribution in [0.5, 0.6) is 5.75 Å². The number of amides is 2. The van der Waals surface area contributed by atoms with Gasteiger partial charge in [-0.1, -0.05) is 24.6 Å². The quantitative estimate of drug-likeness (QED) is 0.832. The number of halogens is 1. The summed E-state index contributed by atoms with van der Waals surface area (Å²) >= 11 is 6.08. The van der Waals surface area contributed by atoms with Gasteiger partial charge in [0.05, 0.1) is 11.6 Å². The highest BCUT2D eigenvalue weighted by atomic mass is 35.5. The van der Waals surface area contributed by atoms with E-state index in [1.165, 1.54) is 6.42 Å². The molecule has 0 spiro atoms. The minimum absolute atomic E-state index is 0.0190. The number of nitrogens with one attached hydrogen (secondary N) is 1. The summed E-state index contributed by atoms with van der Waals surface area (Å²) in [6.45, 7) is 5.88. The van der Waals surface area contributed by atoms with Gasteiger partial charge in [0.15, 0.2) is 0 Å². The lowest BCUT2D eigenvalue weighted by Gasteiger charge is -2.35. The van der Waals surface area contributed by atoms with E-state index in [1.54, 1.807) is 0 Å². The molecule has 0 saturated carbocycles. The highest BCUT2D eigenvalue weighted by Gasteiger charge is 2.24. The number of hydrogen-bond donors (Lipinski definition) is 1. The number of nitrogens with zero attached hydrogens (tertiary/aromatic N) is 1. The second-order valence-corrected chi connectivity index (χ2v) is 6.17. The monoisotopic (exact) mass is 324 g/mol. The molecule has 1 aliphatic rings. The van der Waals surface area contributed by atoms with Crippen molar-refractivity contribution in [2.24, 2.45) is 0 Å². The van der Waals surface area contributed by atoms with Crippen LogP contribution in [-0.4, -0.2) is 36.7 Å². The number of hydrogen-bond acceptors (Lipinski definition) is 2. The third kappa shape index (κ3) is 4.54.